The molecule has 0 atom stereocenters. The fourth-order valence-electron chi connectivity index (χ4n) is 0.973. The Morgan fingerprint density at radius 1 is 1.23 bits per heavy atom. The van der Waals surface area contributed by atoms with Crippen LogP contribution in [0.4, 0.5) is 0 Å². The third-order valence-electron chi connectivity index (χ3n) is 1.77. The summed E-state index contributed by atoms with van der Waals surface area (Å²) in [6.45, 7) is 2.14. The highest BCUT2D eigenvalue weighted by Gasteiger charge is 2.00. The van der Waals surface area contributed by atoms with Crippen molar-refractivity contribution in [3.8, 4) is 0 Å². The molecule has 3 nitrogen and oxygen atoms in total. The molecule has 0 aromatic carbocycles. The fourth-order valence-corrected chi connectivity index (χ4v) is 0.973. The summed E-state index contributed by atoms with van der Waals surface area (Å²) in [4.78, 5) is 10.8. The molecule has 0 N–H and O–H groups in total. The van der Waals surface area contributed by atoms with E-state index in [-0.39, 0.29) is 5.97 Å². The molecule has 0 heterocycles. The molecule has 0 aliphatic heterocycles. The SMILES string of the molecule is CCCCC/C(=C\C(=O)OC)OC. The normalized spacial score (nSPS) is 11.2. The highest BCUT2D eigenvalue weighted by atomic mass is 16.5. The van der Waals surface area contributed by atoms with Crippen LogP contribution in [0.15, 0.2) is 11.8 Å². The highest BCUT2D eigenvalue weighted by molar-refractivity contribution is 5.82. The van der Waals surface area contributed by atoms with E-state index in [1.54, 1.807) is 7.11 Å². The van der Waals surface area contributed by atoms with Crippen molar-refractivity contribution >= 4 is 5.97 Å². The third kappa shape index (κ3) is 6.20. The second-order valence-corrected chi connectivity index (χ2v) is 2.80. The Hall–Kier alpha value is -0.990. The first-order chi connectivity index (χ1) is 6.24. The molecule has 13 heavy (non-hydrogen) atoms. The number of methoxy groups -OCH3 is 2. The van der Waals surface area contributed by atoms with Crippen LogP contribution in [0, 0.1) is 0 Å². The predicted octanol–water partition coefficient (Wildman–Crippen LogP) is 2.27. The lowest BCUT2D eigenvalue weighted by atomic mass is 10.2. The van der Waals surface area contributed by atoms with Crippen LogP contribution >= 0.6 is 0 Å². The van der Waals surface area contributed by atoms with Gasteiger partial charge in [0, 0.05) is 6.42 Å². The maximum absolute atomic E-state index is 10.8. The third-order valence-corrected chi connectivity index (χ3v) is 1.77. The largest absolute Gasteiger partial charge is 0.501 e. The molecule has 0 amide bonds. The minimum absolute atomic E-state index is 0.353. The van der Waals surface area contributed by atoms with Crippen molar-refractivity contribution in [2.24, 2.45) is 0 Å². The van der Waals surface area contributed by atoms with Gasteiger partial charge in [-0.25, -0.2) is 4.79 Å². The summed E-state index contributed by atoms with van der Waals surface area (Å²) in [6.07, 6.45) is 5.57. The van der Waals surface area contributed by atoms with E-state index in [0.717, 1.165) is 25.7 Å². The van der Waals surface area contributed by atoms with Crippen LogP contribution in [0.2, 0.25) is 0 Å². The van der Waals surface area contributed by atoms with Gasteiger partial charge in [-0.05, 0) is 6.42 Å². The van der Waals surface area contributed by atoms with E-state index in [9.17, 15) is 4.79 Å². The van der Waals surface area contributed by atoms with Gasteiger partial charge in [0.15, 0.2) is 0 Å². The van der Waals surface area contributed by atoms with Crippen LogP contribution in [-0.2, 0) is 14.3 Å². The number of hydrogen-bond acceptors (Lipinski definition) is 3. The zero-order valence-corrected chi connectivity index (χ0v) is 8.63. The van der Waals surface area contributed by atoms with Crippen LogP contribution in [0.5, 0.6) is 0 Å². The number of rotatable bonds is 6. The molecule has 0 fully saturated rings. The van der Waals surface area contributed by atoms with Crippen LogP contribution in [-0.4, -0.2) is 20.2 Å². The van der Waals surface area contributed by atoms with Crippen molar-refractivity contribution < 1.29 is 14.3 Å². The van der Waals surface area contributed by atoms with E-state index in [0.29, 0.717) is 5.76 Å². The number of unbranched alkanes of at least 4 members (excludes halogenated alkanes) is 2. The zero-order chi connectivity index (χ0) is 10.1. The van der Waals surface area contributed by atoms with E-state index in [1.165, 1.54) is 13.2 Å². The van der Waals surface area contributed by atoms with Gasteiger partial charge in [0.2, 0.25) is 0 Å². The molecular weight excluding hydrogens is 168 g/mol. The number of carbonyl (C=O) groups is 1. The summed E-state index contributed by atoms with van der Waals surface area (Å²) >= 11 is 0. The molecule has 0 bridgehead atoms. The first kappa shape index (κ1) is 12.0. The molecule has 0 aliphatic carbocycles. The summed E-state index contributed by atoms with van der Waals surface area (Å²) in [7, 11) is 2.93. The minimum atomic E-state index is -0.353. The van der Waals surface area contributed by atoms with Gasteiger partial charge in [-0.2, -0.15) is 0 Å². The quantitative estimate of drug-likeness (QED) is 0.276. The summed E-state index contributed by atoms with van der Waals surface area (Å²) in [5.74, 6) is 0.341. The lowest BCUT2D eigenvalue weighted by Crippen LogP contribution is -1.98. The molecule has 0 aliphatic rings. The van der Waals surface area contributed by atoms with Crippen LogP contribution < -0.4 is 0 Å². The molecule has 0 radical (unpaired) electrons. The van der Waals surface area contributed by atoms with Crippen LogP contribution in [0.25, 0.3) is 0 Å². The second-order valence-electron chi connectivity index (χ2n) is 2.80. The van der Waals surface area contributed by atoms with Gasteiger partial charge in [0.25, 0.3) is 0 Å². The van der Waals surface area contributed by atoms with Crippen LogP contribution in [0.1, 0.15) is 32.6 Å². The van der Waals surface area contributed by atoms with Crippen LogP contribution in [0.3, 0.4) is 0 Å². The van der Waals surface area contributed by atoms with Gasteiger partial charge in [-0.1, -0.05) is 19.8 Å². The van der Waals surface area contributed by atoms with Crippen molar-refractivity contribution in [3.63, 3.8) is 0 Å². The Morgan fingerprint density at radius 2 is 1.92 bits per heavy atom. The Morgan fingerprint density at radius 3 is 2.38 bits per heavy atom. The Labute approximate surface area is 79.7 Å². The lowest BCUT2D eigenvalue weighted by molar-refractivity contribution is -0.135. The monoisotopic (exact) mass is 186 g/mol. The van der Waals surface area contributed by atoms with Crippen molar-refractivity contribution in [1.29, 1.82) is 0 Å². The maximum Gasteiger partial charge on any atom is 0.333 e. The summed E-state index contributed by atoms with van der Waals surface area (Å²) in [5.41, 5.74) is 0. The van der Waals surface area contributed by atoms with E-state index < -0.39 is 0 Å². The summed E-state index contributed by atoms with van der Waals surface area (Å²) in [5, 5.41) is 0. The van der Waals surface area contributed by atoms with E-state index >= 15 is 0 Å². The minimum Gasteiger partial charge on any atom is -0.501 e. The van der Waals surface area contributed by atoms with Crippen molar-refractivity contribution in [3.05, 3.63) is 11.8 Å². The molecule has 0 saturated heterocycles. The molecule has 0 spiro atoms. The number of esters is 1. The molecule has 0 saturated carbocycles. The first-order valence-corrected chi connectivity index (χ1v) is 4.57. The molecule has 76 valence electrons. The van der Waals surface area contributed by atoms with Gasteiger partial charge in [-0.15, -0.1) is 0 Å². The summed E-state index contributed by atoms with van der Waals surface area (Å²) in [6, 6.07) is 0. The summed E-state index contributed by atoms with van der Waals surface area (Å²) < 4.78 is 9.52. The highest BCUT2D eigenvalue weighted by Crippen LogP contribution is 2.09. The number of hydrogen-bond donors (Lipinski definition) is 0. The molecule has 0 unspecified atom stereocenters. The van der Waals surface area contributed by atoms with Gasteiger partial charge in [-0.3, -0.25) is 0 Å². The molecule has 3 heteroatoms. The first-order valence-electron chi connectivity index (χ1n) is 4.57. The lowest BCUT2D eigenvalue weighted by Gasteiger charge is -2.04. The fraction of sp³-hybridized carbons (Fsp3) is 0.700. The Balaban J connectivity index is 3.87. The van der Waals surface area contributed by atoms with E-state index in [2.05, 4.69) is 11.7 Å². The molecular formula is C10H18O3. The average molecular weight is 186 g/mol. The Bertz CT molecular complexity index is 173. The van der Waals surface area contributed by atoms with Gasteiger partial charge in [0.1, 0.15) is 5.76 Å². The van der Waals surface area contributed by atoms with Crippen molar-refractivity contribution in [2.75, 3.05) is 14.2 Å². The Kier molecular flexibility index (Phi) is 7.07. The number of ether oxygens (including phenoxy) is 2. The number of carbonyl (C=O) groups excluding carboxylic acids is 1. The smallest absolute Gasteiger partial charge is 0.333 e. The van der Waals surface area contributed by atoms with Crippen molar-refractivity contribution in [2.45, 2.75) is 32.6 Å². The van der Waals surface area contributed by atoms with Gasteiger partial charge in [0.05, 0.1) is 20.3 Å². The molecule has 0 aromatic rings. The number of allylic oxidation sites excluding steroid dienone is 1. The topological polar surface area (TPSA) is 35.5 Å². The standard InChI is InChI=1S/C10H18O3/c1-4-5-6-7-9(12-2)8-10(11)13-3/h8H,4-7H2,1-3H3/b9-8+. The van der Waals surface area contributed by atoms with Gasteiger partial charge >= 0.3 is 5.97 Å². The molecule has 0 rings (SSSR count). The second kappa shape index (κ2) is 7.65. The van der Waals surface area contributed by atoms with Gasteiger partial charge < -0.3 is 9.47 Å². The van der Waals surface area contributed by atoms with Crippen molar-refractivity contribution in [1.82, 2.24) is 0 Å². The molecule has 0 aromatic heterocycles. The maximum atomic E-state index is 10.8. The van der Waals surface area contributed by atoms with E-state index in [1.807, 2.05) is 0 Å². The average Bonchev–Trinajstić information content (AvgIpc) is 2.16. The zero-order valence-electron chi connectivity index (χ0n) is 8.63. The van der Waals surface area contributed by atoms with E-state index in [4.69, 9.17) is 4.74 Å². The predicted molar refractivity (Wildman–Crippen MR) is 51.3 cm³/mol.